The quantitative estimate of drug-likeness (QED) is 0.601. The van der Waals surface area contributed by atoms with E-state index in [0.29, 0.717) is 11.4 Å². The largest absolute Gasteiger partial charge is 0.271 e. The van der Waals surface area contributed by atoms with Gasteiger partial charge >= 0.3 is 0 Å². The molecule has 0 aliphatic rings. The molecule has 0 aliphatic heterocycles. The first-order chi connectivity index (χ1) is 9.51. The van der Waals surface area contributed by atoms with Gasteiger partial charge in [-0.3, -0.25) is 11.3 Å². The molecule has 0 amide bonds. The molecule has 20 heavy (non-hydrogen) atoms. The summed E-state index contributed by atoms with van der Waals surface area (Å²) in [5.41, 5.74) is 4.43. The number of rotatable bonds is 4. The summed E-state index contributed by atoms with van der Waals surface area (Å²) in [4.78, 5) is 0. The van der Waals surface area contributed by atoms with Crippen LogP contribution in [-0.2, 0) is 6.42 Å². The van der Waals surface area contributed by atoms with E-state index < -0.39 is 5.82 Å². The number of hydrogen-bond donors (Lipinski definition) is 2. The maximum absolute atomic E-state index is 13.5. The molecule has 0 saturated heterocycles. The first-order valence-corrected chi connectivity index (χ1v) is 7.41. The molecule has 2 nitrogen and oxygen atoms in total. The van der Waals surface area contributed by atoms with Gasteiger partial charge in [-0.25, -0.2) is 4.39 Å². The van der Waals surface area contributed by atoms with Gasteiger partial charge in [0.25, 0.3) is 0 Å². The van der Waals surface area contributed by atoms with E-state index in [1.807, 2.05) is 12.1 Å². The number of hydrazine groups is 1. The second-order valence-electron chi connectivity index (χ2n) is 4.34. The highest BCUT2D eigenvalue weighted by atomic mass is 79.9. The van der Waals surface area contributed by atoms with E-state index in [9.17, 15) is 4.39 Å². The molecule has 6 heteroatoms. The van der Waals surface area contributed by atoms with Gasteiger partial charge in [0.2, 0.25) is 0 Å². The smallest absolute Gasteiger partial charge is 0.142 e. The summed E-state index contributed by atoms with van der Waals surface area (Å²) in [6, 6.07) is 9.98. The Bertz CT molecular complexity index is 622. The third-order valence-electron chi connectivity index (χ3n) is 2.96. The zero-order chi connectivity index (χ0) is 14.7. The van der Waals surface area contributed by atoms with Gasteiger partial charge in [-0.05, 0) is 47.9 Å². The Morgan fingerprint density at radius 2 is 1.95 bits per heavy atom. The van der Waals surface area contributed by atoms with Crippen LogP contribution in [0.5, 0.6) is 0 Å². The number of hydrogen-bond acceptors (Lipinski definition) is 2. The molecule has 0 radical (unpaired) electrons. The summed E-state index contributed by atoms with van der Waals surface area (Å²) in [6.07, 6.45) is 0.517. The average Bonchev–Trinajstić information content (AvgIpc) is 2.43. The van der Waals surface area contributed by atoms with E-state index in [-0.39, 0.29) is 11.1 Å². The fourth-order valence-electron chi connectivity index (χ4n) is 1.94. The summed E-state index contributed by atoms with van der Waals surface area (Å²) in [6.45, 7) is 0. The van der Waals surface area contributed by atoms with Crippen molar-refractivity contribution in [3.63, 3.8) is 0 Å². The minimum Gasteiger partial charge on any atom is -0.271 e. The van der Waals surface area contributed by atoms with Crippen molar-refractivity contribution in [2.45, 2.75) is 12.5 Å². The number of nitrogens with one attached hydrogen (secondary N) is 1. The molecule has 2 aromatic rings. The SMILES string of the molecule is NNC(Cc1ccc(Cl)c(F)c1)c1cc(Cl)ccc1Br. The summed E-state index contributed by atoms with van der Waals surface area (Å²) >= 11 is 15.1. The van der Waals surface area contributed by atoms with Crippen LogP contribution >= 0.6 is 39.1 Å². The van der Waals surface area contributed by atoms with Gasteiger partial charge in [0.15, 0.2) is 0 Å². The molecule has 1 unspecified atom stereocenters. The summed E-state index contributed by atoms with van der Waals surface area (Å²) in [7, 11) is 0. The first kappa shape index (κ1) is 15.7. The highest BCUT2D eigenvalue weighted by molar-refractivity contribution is 9.10. The van der Waals surface area contributed by atoms with E-state index in [0.717, 1.165) is 15.6 Å². The van der Waals surface area contributed by atoms with Crippen LogP contribution in [0.15, 0.2) is 40.9 Å². The minimum absolute atomic E-state index is 0.106. The molecule has 0 aromatic heterocycles. The highest BCUT2D eigenvalue weighted by Crippen LogP contribution is 2.29. The van der Waals surface area contributed by atoms with Crippen LogP contribution in [0.4, 0.5) is 4.39 Å². The Morgan fingerprint density at radius 1 is 1.20 bits per heavy atom. The van der Waals surface area contributed by atoms with Crippen molar-refractivity contribution in [2.24, 2.45) is 5.84 Å². The molecule has 0 aliphatic carbocycles. The Balaban J connectivity index is 2.28. The lowest BCUT2D eigenvalue weighted by Crippen LogP contribution is -2.29. The molecular formula is C14H12BrCl2FN2. The zero-order valence-electron chi connectivity index (χ0n) is 10.3. The third kappa shape index (κ3) is 3.71. The second kappa shape index (κ2) is 6.87. The summed E-state index contributed by atoms with van der Waals surface area (Å²) in [5.74, 6) is 5.17. The van der Waals surface area contributed by atoms with E-state index >= 15 is 0 Å². The normalized spacial score (nSPS) is 12.4. The second-order valence-corrected chi connectivity index (χ2v) is 6.04. The predicted molar refractivity (Wildman–Crippen MR) is 84.3 cm³/mol. The molecule has 2 aromatic carbocycles. The van der Waals surface area contributed by atoms with E-state index in [4.69, 9.17) is 29.0 Å². The van der Waals surface area contributed by atoms with Crippen LogP contribution in [-0.4, -0.2) is 0 Å². The van der Waals surface area contributed by atoms with Crippen molar-refractivity contribution in [2.75, 3.05) is 0 Å². The van der Waals surface area contributed by atoms with Crippen LogP contribution < -0.4 is 11.3 Å². The fraction of sp³-hybridized carbons (Fsp3) is 0.143. The van der Waals surface area contributed by atoms with E-state index in [1.165, 1.54) is 12.1 Å². The monoisotopic (exact) mass is 376 g/mol. The van der Waals surface area contributed by atoms with Crippen molar-refractivity contribution in [3.05, 3.63) is 67.9 Å². The molecule has 0 fully saturated rings. The Hall–Kier alpha value is -0.650. The first-order valence-electron chi connectivity index (χ1n) is 5.86. The fourth-order valence-corrected chi connectivity index (χ4v) is 2.76. The minimum atomic E-state index is -0.440. The Labute approximate surface area is 135 Å². The lowest BCUT2D eigenvalue weighted by atomic mass is 9.99. The van der Waals surface area contributed by atoms with E-state index in [1.54, 1.807) is 12.1 Å². The van der Waals surface area contributed by atoms with Gasteiger partial charge < -0.3 is 0 Å². The van der Waals surface area contributed by atoms with Crippen LogP contribution in [0.1, 0.15) is 17.2 Å². The molecule has 3 N–H and O–H groups in total. The third-order valence-corrected chi connectivity index (χ3v) is 4.22. The maximum Gasteiger partial charge on any atom is 0.142 e. The molecule has 0 spiro atoms. The lowest BCUT2D eigenvalue weighted by molar-refractivity contribution is 0.547. The van der Waals surface area contributed by atoms with Crippen LogP contribution in [0.3, 0.4) is 0 Å². The molecule has 0 bridgehead atoms. The summed E-state index contributed by atoms with van der Waals surface area (Å²) in [5, 5.41) is 0.723. The standard InChI is InChI=1S/C14H12BrCl2FN2/c15-11-3-2-9(16)7-10(11)14(20-19)6-8-1-4-12(17)13(18)5-8/h1-5,7,14,20H,6,19H2. The van der Waals surface area contributed by atoms with Crippen molar-refractivity contribution in [1.29, 1.82) is 0 Å². The summed E-state index contributed by atoms with van der Waals surface area (Å²) < 4.78 is 14.4. The topological polar surface area (TPSA) is 38.0 Å². The lowest BCUT2D eigenvalue weighted by Gasteiger charge is -2.18. The van der Waals surface area contributed by atoms with Crippen LogP contribution in [0.2, 0.25) is 10.0 Å². The zero-order valence-corrected chi connectivity index (χ0v) is 13.4. The molecule has 106 valence electrons. The number of halogens is 4. The van der Waals surface area contributed by atoms with Gasteiger partial charge in [0, 0.05) is 9.50 Å². The number of benzene rings is 2. The Kier molecular flexibility index (Phi) is 5.41. The van der Waals surface area contributed by atoms with Gasteiger partial charge in [0.1, 0.15) is 5.82 Å². The van der Waals surface area contributed by atoms with E-state index in [2.05, 4.69) is 21.4 Å². The van der Waals surface area contributed by atoms with Gasteiger partial charge in [-0.2, -0.15) is 0 Å². The predicted octanol–water partition coefficient (Wildman–Crippen LogP) is 4.64. The van der Waals surface area contributed by atoms with Crippen molar-refractivity contribution >= 4 is 39.1 Å². The maximum atomic E-state index is 13.5. The molecule has 2 rings (SSSR count). The van der Waals surface area contributed by atoms with Crippen molar-refractivity contribution < 1.29 is 4.39 Å². The van der Waals surface area contributed by atoms with Crippen LogP contribution in [0.25, 0.3) is 0 Å². The highest BCUT2D eigenvalue weighted by Gasteiger charge is 2.15. The molecule has 1 atom stereocenters. The van der Waals surface area contributed by atoms with Crippen LogP contribution in [0, 0.1) is 5.82 Å². The van der Waals surface area contributed by atoms with Crippen molar-refractivity contribution in [3.8, 4) is 0 Å². The Morgan fingerprint density at radius 3 is 2.60 bits per heavy atom. The molecular weight excluding hydrogens is 366 g/mol. The van der Waals surface area contributed by atoms with Gasteiger partial charge in [0.05, 0.1) is 11.1 Å². The van der Waals surface area contributed by atoms with Crippen molar-refractivity contribution in [1.82, 2.24) is 5.43 Å². The number of nitrogens with two attached hydrogens (primary N) is 1. The molecule has 0 saturated carbocycles. The average molecular weight is 378 g/mol. The van der Waals surface area contributed by atoms with Gasteiger partial charge in [-0.1, -0.05) is 45.2 Å². The molecule has 0 heterocycles. The van der Waals surface area contributed by atoms with Gasteiger partial charge in [-0.15, -0.1) is 0 Å².